The molecule has 1 fully saturated rings. The molecule has 0 heterocycles. The Bertz CT molecular complexity index is 559. The van der Waals surface area contributed by atoms with Crippen molar-refractivity contribution in [2.24, 2.45) is 0 Å². The lowest BCUT2D eigenvalue weighted by molar-refractivity contribution is 0.387. The first-order chi connectivity index (χ1) is 9.50. The Morgan fingerprint density at radius 2 is 2.15 bits per heavy atom. The average molecular weight is 302 g/mol. The number of benzene rings is 1. The smallest absolute Gasteiger partial charge is 0.232 e. The summed E-state index contributed by atoms with van der Waals surface area (Å²) < 4.78 is 44.2. The predicted molar refractivity (Wildman–Crippen MR) is 76.0 cm³/mol. The Morgan fingerprint density at radius 3 is 2.80 bits per heavy atom. The number of sulfonamides is 1. The molecular weight excluding hydrogens is 283 g/mol. The minimum Gasteiger partial charge on any atom is -0.494 e. The molecule has 0 aromatic heterocycles. The third-order valence-electron chi connectivity index (χ3n) is 3.02. The van der Waals surface area contributed by atoms with Crippen molar-refractivity contribution in [3.05, 3.63) is 24.0 Å². The molecule has 1 aliphatic carbocycles. The van der Waals surface area contributed by atoms with Crippen molar-refractivity contribution in [1.82, 2.24) is 5.32 Å². The molecule has 0 unspecified atom stereocenters. The van der Waals surface area contributed by atoms with Gasteiger partial charge in [-0.25, -0.2) is 12.8 Å². The second-order valence-electron chi connectivity index (χ2n) is 4.85. The lowest BCUT2D eigenvalue weighted by Crippen LogP contribution is -2.23. The van der Waals surface area contributed by atoms with E-state index in [-0.39, 0.29) is 11.5 Å². The van der Waals surface area contributed by atoms with Gasteiger partial charge in [0.25, 0.3) is 0 Å². The maximum absolute atomic E-state index is 13.2. The van der Waals surface area contributed by atoms with Gasteiger partial charge in [0, 0.05) is 12.1 Å². The summed E-state index contributed by atoms with van der Waals surface area (Å²) in [5.74, 6) is -0.475. The monoisotopic (exact) mass is 302 g/mol. The minimum absolute atomic E-state index is 0.0144. The Hall–Kier alpha value is -1.34. The number of halogens is 1. The summed E-state index contributed by atoms with van der Waals surface area (Å²) in [4.78, 5) is 0. The highest BCUT2D eigenvalue weighted by Crippen LogP contribution is 2.22. The minimum atomic E-state index is -3.42. The van der Waals surface area contributed by atoms with Crippen LogP contribution >= 0.6 is 0 Å². The standard InChI is InChI=1S/C13H19FN2O3S/c1-19-13-9-11(5-6-12(13)14)16-20(17,18)8-2-7-15-10-3-4-10/h5-6,9-10,15-16H,2-4,7-8H2,1H3. The lowest BCUT2D eigenvalue weighted by atomic mass is 10.3. The first-order valence-corrected chi connectivity index (χ1v) is 8.23. The molecule has 7 heteroatoms. The quantitative estimate of drug-likeness (QED) is 0.718. The van der Waals surface area contributed by atoms with Crippen molar-refractivity contribution < 1.29 is 17.5 Å². The van der Waals surface area contributed by atoms with Crippen molar-refractivity contribution in [1.29, 1.82) is 0 Å². The topological polar surface area (TPSA) is 67.4 Å². The van der Waals surface area contributed by atoms with Gasteiger partial charge in [-0.3, -0.25) is 4.72 Å². The summed E-state index contributed by atoms with van der Waals surface area (Å²) in [5, 5.41) is 3.26. The van der Waals surface area contributed by atoms with Crippen molar-refractivity contribution >= 4 is 15.7 Å². The van der Waals surface area contributed by atoms with Gasteiger partial charge >= 0.3 is 0 Å². The van der Waals surface area contributed by atoms with E-state index in [1.165, 1.54) is 38.2 Å². The first-order valence-electron chi connectivity index (χ1n) is 6.57. The van der Waals surface area contributed by atoms with Crippen LogP contribution in [0.4, 0.5) is 10.1 Å². The van der Waals surface area contributed by atoms with Crippen LogP contribution < -0.4 is 14.8 Å². The maximum Gasteiger partial charge on any atom is 0.232 e. The van der Waals surface area contributed by atoms with E-state index in [4.69, 9.17) is 4.74 Å². The summed E-state index contributed by atoms with van der Waals surface area (Å²) in [7, 11) is -2.08. The molecule has 0 spiro atoms. The molecule has 2 N–H and O–H groups in total. The molecule has 1 saturated carbocycles. The Balaban J connectivity index is 1.86. The number of hydrogen-bond acceptors (Lipinski definition) is 4. The number of ether oxygens (including phenoxy) is 1. The van der Waals surface area contributed by atoms with Gasteiger partial charge in [0.05, 0.1) is 18.6 Å². The van der Waals surface area contributed by atoms with Crippen LogP contribution in [0.2, 0.25) is 0 Å². The van der Waals surface area contributed by atoms with Gasteiger partial charge < -0.3 is 10.1 Å². The largest absolute Gasteiger partial charge is 0.494 e. The van der Waals surface area contributed by atoms with E-state index < -0.39 is 15.8 Å². The molecule has 0 bridgehead atoms. The fourth-order valence-corrected chi connectivity index (χ4v) is 2.92. The molecule has 0 amide bonds. The van der Waals surface area contributed by atoms with Gasteiger partial charge in [-0.2, -0.15) is 0 Å². The van der Waals surface area contributed by atoms with E-state index in [0.717, 1.165) is 0 Å². The van der Waals surface area contributed by atoms with Crippen LogP contribution in [0.25, 0.3) is 0 Å². The van der Waals surface area contributed by atoms with E-state index in [1.54, 1.807) is 0 Å². The second kappa shape index (κ2) is 6.41. The molecular formula is C13H19FN2O3S. The molecule has 0 aliphatic heterocycles. The third-order valence-corrected chi connectivity index (χ3v) is 4.40. The van der Waals surface area contributed by atoms with Crippen LogP contribution in [0.5, 0.6) is 5.75 Å². The number of methoxy groups -OCH3 is 1. The van der Waals surface area contributed by atoms with Gasteiger partial charge in [-0.05, 0) is 37.9 Å². The van der Waals surface area contributed by atoms with Crippen LogP contribution in [0.1, 0.15) is 19.3 Å². The van der Waals surface area contributed by atoms with Gasteiger partial charge in [0.15, 0.2) is 11.6 Å². The fraction of sp³-hybridized carbons (Fsp3) is 0.538. The van der Waals surface area contributed by atoms with Crippen molar-refractivity contribution in [3.63, 3.8) is 0 Å². The summed E-state index contributed by atoms with van der Waals surface area (Å²) in [6, 6.07) is 4.45. The zero-order valence-electron chi connectivity index (χ0n) is 11.4. The maximum atomic E-state index is 13.2. The molecule has 0 saturated heterocycles. The average Bonchev–Trinajstić information content (AvgIpc) is 3.21. The van der Waals surface area contributed by atoms with Crippen LogP contribution in [-0.2, 0) is 10.0 Å². The molecule has 0 atom stereocenters. The normalized spacial score (nSPS) is 15.1. The molecule has 2 rings (SSSR count). The highest BCUT2D eigenvalue weighted by molar-refractivity contribution is 7.92. The third kappa shape index (κ3) is 4.64. The van der Waals surface area contributed by atoms with E-state index in [0.29, 0.717) is 24.7 Å². The van der Waals surface area contributed by atoms with Crippen molar-refractivity contribution in [3.8, 4) is 5.75 Å². The zero-order chi connectivity index (χ0) is 14.6. The Morgan fingerprint density at radius 1 is 1.40 bits per heavy atom. The molecule has 1 aromatic carbocycles. The molecule has 1 aliphatic rings. The zero-order valence-corrected chi connectivity index (χ0v) is 12.2. The molecule has 20 heavy (non-hydrogen) atoms. The SMILES string of the molecule is COc1cc(NS(=O)(=O)CCCNC2CC2)ccc1F. The first kappa shape index (κ1) is 15.1. The van der Waals surface area contributed by atoms with Crippen molar-refractivity contribution in [2.45, 2.75) is 25.3 Å². The van der Waals surface area contributed by atoms with Crippen LogP contribution in [0, 0.1) is 5.82 Å². The van der Waals surface area contributed by atoms with Crippen LogP contribution in [0.3, 0.4) is 0 Å². The van der Waals surface area contributed by atoms with Gasteiger partial charge in [-0.15, -0.1) is 0 Å². The Kier molecular flexibility index (Phi) is 4.82. The second-order valence-corrected chi connectivity index (χ2v) is 6.69. The highest BCUT2D eigenvalue weighted by Gasteiger charge is 2.20. The fourth-order valence-electron chi connectivity index (χ4n) is 1.81. The van der Waals surface area contributed by atoms with E-state index in [9.17, 15) is 12.8 Å². The van der Waals surface area contributed by atoms with E-state index >= 15 is 0 Å². The Labute approximate surface area is 118 Å². The summed E-state index contributed by atoms with van der Waals surface area (Å²) in [6.07, 6.45) is 2.91. The summed E-state index contributed by atoms with van der Waals surface area (Å²) in [5.41, 5.74) is 0.304. The molecule has 1 aromatic rings. The van der Waals surface area contributed by atoms with Crippen molar-refractivity contribution in [2.75, 3.05) is 24.1 Å². The number of hydrogen-bond donors (Lipinski definition) is 2. The number of nitrogens with one attached hydrogen (secondary N) is 2. The van der Waals surface area contributed by atoms with Crippen LogP contribution in [-0.4, -0.2) is 33.9 Å². The van der Waals surface area contributed by atoms with E-state index in [2.05, 4.69) is 10.0 Å². The highest BCUT2D eigenvalue weighted by atomic mass is 32.2. The summed E-state index contributed by atoms with van der Waals surface area (Å²) in [6.45, 7) is 0.693. The number of rotatable bonds is 8. The van der Waals surface area contributed by atoms with Gasteiger partial charge in [0.2, 0.25) is 10.0 Å². The van der Waals surface area contributed by atoms with Crippen LogP contribution in [0.15, 0.2) is 18.2 Å². The molecule has 0 radical (unpaired) electrons. The predicted octanol–water partition coefficient (Wildman–Crippen LogP) is 1.72. The molecule has 5 nitrogen and oxygen atoms in total. The van der Waals surface area contributed by atoms with Gasteiger partial charge in [-0.1, -0.05) is 0 Å². The lowest BCUT2D eigenvalue weighted by Gasteiger charge is -2.10. The van der Waals surface area contributed by atoms with E-state index in [1.807, 2.05) is 0 Å². The summed E-state index contributed by atoms with van der Waals surface area (Å²) >= 11 is 0. The molecule has 112 valence electrons. The number of anilines is 1. The van der Waals surface area contributed by atoms with Gasteiger partial charge in [0.1, 0.15) is 0 Å².